The summed E-state index contributed by atoms with van der Waals surface area (Å²) in [6.45, 7) is 2.75. The number of hydrogen-bond acceptors (Lipinski definition) is 3. The summed E-state index contributed by atoms with van der Waals surface area (Å²) in [5.74, 6) is 0.560. The van der Waals surface area contributed by atoms with E-state index < -0.39 is 9.05 Å². The summed E-state index contributed by atoms with van der Waals surface area (Å²) >= 11 is 0. The van der Waals surface area contributed by atoms with E-state index in [2.05, 4.69) is 0 Å². The number of fused-ring (bicyclic) bond motifs is 2. The van der Waals surface area contributed by atoms with Gasteiger partial charge in [-0.2, -0.15) is 0 Å². The summed E-state index contributed by atoms with van der Waals surface area (Å²) in [6.07, 6.45) is 4.03. The number of carbonyl (C=O) groups is 1. The highest BCUT2D eigenvalue weighted by atomic mass is 35.7. The summed E-state index contributed by atoms with van der Waals surface area (Å²) in [5.41, 5.74) is 1.35. The highest BCUT2D eigenvalue weighted by Crippen LogP contribution is 2.38. The number of halogens is 1. The minimum absolute atomic E-state index is 0.00549. The summed E-state index contributed by atoms with van der Waals surface area (Å²) in [7, 11) is 1.58. The van der Waals surface area contributed by atoms with Crippen LogP contribution in [0.25, 0.3) is 0 Å². The van der Waals surface area contributed by atoms with Crippen LogP contribution >= 0.6 is 10.7 Å². The largest absolute Gasteiger partial charge is 0.335 e. The van der Waals surface area contributed by atoms with Crippen molar-refractivity contribution >= 4 is 25.6 Å². The maximum Gasteiger partial charge on any atom is 0.261 e. The maximum absolute atomic E-state index is 12.8. The molecule has 2 aliphatic rings. The van der Waals surface area contributed by atoms with Crippen LogP contribution in [0.15, 0.2) is 23.1 Å². The Bertz CT molecular complexity index is 686. The minimum atomic E-state index is -3.82. The predicted molar refractivity (Wildman–Crippen MR) is 81.0 cm³/mol. The van der Waals surface area contributed by atoms with Crippen molar-refractivity contribution in [1.29, 1.82) is 0 Å². The molecule has 1 heterocycles. The fourth-order valence-corrected chi connectivity index (χ4v) is 4.32. The molecule has 3 rings (SSSR count). The first-order valence-corrected chi connectivity index (χ1v) is 9.59. The van der Waals surface area contributed by atoms with Crippen molar-refractivity contribution in [2.75, 3.05) is 6.54 Å². The summed E-state index contributed by atoms with van der Waals surface area (Å²) in [6, 6.07) is 4.91. The fourth-order valence-electron chi connectivity index (χ4n) is 3.54. The van der Waals surface area contributed by atoms with Crippen LogP contribution in [0.4, 0.5) is 0 Å². The standard InChI is InChI=1S/C15H18ClNO3S/c1-2-11-4-6-13(21(16,19)20)8-14(11)15(18)17-9-10-3-5-12(17)7-10/h4,6,8,10,12H,2-3,5,7,9H2,1H3. The predicted octanol–water partition coefficient (Wildman–Crippen LogP) is 2.80. The molecule has 2 atom stereocenters. The average Bonchev–Trinajstić information content (AvgIpc) is 3.07. The Kier molecular flexibility index (Phi) is 3.74. The van der Waals surface area contributed by atoms with Crippen molar-refractivity contribution in [1.82, 2.24) is 4.90 Å². The topological polar surface area (TPSA) is 54.5 Å². The number of aryl methyl sites for hydroxylation is 1. The SMILES string of the molecule is CCc1ccc(S(=O)(=O)Cl)cc1C(=O)N1CC2CCC1C2. The van der Waals surface area contributed by atoms with E-state index in [1.54, 1.807) is 6.07 Å². The van der Waals surface area contributed by atoms with E-state index in [1.165, 1.54) is 18.6 Å². The smallest absolute Gasteiger partial charge is 0.261 e. The fraction of sp³-hybridized carbons (Fsp3) is 0.533. The molecular formula is C15H18ClNO3S. The van der Waals surface area contributed by atoms with E-state index in [-0.39, 0.29) is 10.8 Å². The molecule has 2 bridgehead atoms. The van der Waals surface area contributed by atoms with Crippen LogP contribution in [-0.4, -0.2) is 31.8 Å². The van der Waals surface area contributed by atoms with Gasteiger partial charge in [-0.1, -0.05) is 13.0 Å². The third-order valence-corrected chi connectivity index (χ3v) is 6.00. The van der Waals surface area contributed by atoms with Gasteiger partial charge in [0.2, 0.25) is 0 Å². The van der Waals surface area contributed by atoms with E-state index in [0.717, 1.165) is 24.9 Å². The van der Waals surface area contributed by atoms with Crippen molar-refractivity contribution in [3.8, 4) is 0 Å². The summed E-state index contributed by atoms with van der Waals surface area (Å²) in [5, 5.41) is 0. The van der Waals surface area contributed by atoms with E-state index in [0.29, 0.717) is 23.9 Å². The number of likely N-dealkylation sites (tertiary alicyclic amines) is 1. The number of carbonyl (C=O) groups excluding carboxylic acids is 1. The minimum Gasteiger partial charge on any atom is -0.335 e. The van der Waals surface area contributed by atoms with Crippen LogP contribution < -0.4 is 0 Å². The molecule has 1 aromatic rings. The first-order chi connectivity index (χ1) is 9.90. The quantitative estimate of drug-likeness (QED) is 0.802. The number of amides is 1. The molecule has 1 saturated carbocycles. The molecule has 1 aromatic carbocycles. The van der Waals surface area contributed by atoms with Crippen molar-refractivity contribution < 1.29 is 13.2 Å². The molecule has 4 nitrogen and oxygen atoms in total. The third kappa shape index (κ3) is 2.69. The second kappa shape index (κ2) is 5.29. The Balaban J connectivity index is 1.98. The van der Waals surface area contributed by atoms with Crippen LogP contribution in [0.3, 0.4) is 0 Å². The summed E-state index contributed by atoms with van der Waals surface area (Å²) in [4.78, 5) is 14.7. The van der Waals surface area contributed by atoms with Crippen molar-refractivity contribution in [2.24, 2.45) is 5.92 Å². The second-order valence-corrected chi connectivity index (χ2v) is 8.47. The number of nitrogens with zero attached hydrogens (tertiary/aromatic N) is 1. The zero-order chi connectivity index (χ0) is 15.2. The molecule has 1 aliphatic heterocycles. The monoisotopic (exact) mass is 327 g/mol. The molecule has 1 amide bonds. The first-order valence-electron chi connectivity index (χ1n) is 7.28. The van der Waals surface area contributed by atoms with Gasteiger partial charge in [-0.15, -0.1) is 0 Å². The van der Waals surface area contributed by atoms with Gasteiger partial charge >= 0.3 is 0 Å². The van der Waals surface area contributed by atoms with Gasteiger partial charge in [-0.25, -0.2) is 8.42 Å². The molecule has 1 aliphatic carbocycles. The highest BCUT2D eigenvalue weighted by Gasteiger charge is 2.40. The lowest BCUT2D eigenvalue weighted by atomic mass is 10.0. The van der Waals surface area contributed by atoms with E-state index in [9.17, 15) is 13.2 Å². The molecule has 0 radical (unpaired) electrons. The van der Waals surface area contributed by atoms with Gasteiger partial charge in [0.25, 0.3) is 15.0 Å². The number of benzene rings is 1. The molecule has 114 valence electrons. The van der Waals surface area contributed by atoms with Gasteiger partial charge in [-0.05, 0) is 49.3 Å². The van der Waals surface area contributed by atoms with Crippen LogP contribution in [-0.2, 0) is 15.5 Å². The number of hydrogen-bond donors (Lipinski definition) is 0. The third-order valence-electron chi connectivity index (χ3n) is 4.64. The van der Waals surface area contributed by atoms with Crippen LogP contribution in [0.5, 0.6) is 0 Å². The molecule has 2 unspecified atom stereocenters. The lowest BCUT2D eigenvalue weighted by Crippen LogP contribution is -2.38. The van der Waals surface area contributed by atoms with Gasteiger partial charge in [0.05, 0.1) is 4.90 Å². The van der Waals surface area contributed by atoms with Gasteiger partial charge in [-0.3, -0.25) is 4.79 Å². The molecule has 0 aromatic heterocycles. The Morgan fingerprint density at radius 3 is 2.67 bits per heavy atom. The number of piperidine rings is 1. The average molecular weight is 328 g/mol. The Morgan fingerprint density at radius 2 is 2.14 bits per heavy atom. The van der Waals surface area contributed by atoms with Crippen molar-refractivity contribution in [2.45, 2.75) is 43.5 Å². The zero-order valence-corrected chi connectivity index (χ0v) is 13.5. The molecular weight excluding hydrogens is 310 g/mol. The van der Waals surface area contributed by atoms with E-state index in [4.69, 9.17) is 10.7 Å². The molecule has 0 spiro atoms. The highest BCUT2D eigenvalue weighted by molar-refractivity contribution is 8.13. The van der Waals surface area contributed by atoms with Crippen molar-refractivity contribution in [3.63, 3.8) is 0 Å². The normalized spacial score (nSPS) is 24.6. The van der Waals surface area contributed by atoms with Crippen LogP contribution in [0.1, 0.15) is 42.1 Å². The zero-order valence-electron chi connectivity index (χ0n) is 11.9. The Morgan fingerprint density at radius 1 is 1.38 bits per heavy atom. The molecule has 2 fully saturated rings. The van der Waals surface area contributed by atoms with Crippen LogP contribution in [0.2, 0.25) is 0 Å². The van der Waals surface area contributed by atoms with E-state index in [1.807, 2.05) is 11.8 Å². The lowest BCUT2D eigenvalue weighted by Gasteiger charge is -2.28. The van der Waals surface area contributed by atoms with Gasteiger partial charge < -0.3 is 4.90 Å². The molecule has 1 saturated heterocycles. The first kappa shape index (κ1) is 14.9. The van der Waals surface area contributed by atoms with E-state index >= 15 is 0 Å². The van der Waals surface area contributed by atoms with Gasteiger partial charge in [0.15, 0.2) is 0 Å². The van der Waals surface area contributed by atoms with Gasteiger partial charge in [0.1, 0.15) is 0 Å². The number of rotatable bonds is 3. The maximum atomic E-state index is 12.8. The second-order valence-electron chi connectivity index (χ2n) is 5.90. The van der Waals surface area contributed by atoms with Gasteiger partial charge in [0, 0.05) is 28.8 Å². The Hall–Kier alpha value is -1.07. The van der Waals surface area contributed by atoms with Crippen molar-refractivity contribution in [3.05, 3.63) is 29.3 Å². The molecule has 0 N–H and O–H groups in total. The lowest BCUT2D eigenvalue weighted by molar-refractivity contribution is 0.0702. The van der Waals surface area contributed by atoms with Crippen LogP contribution in [0, 0.1) is 5.92 Å². The summed E-state index contributed by atoms with van der Waals surface area (Å²) < 4.78 is 23.0. The molecule has 6 heteroatoms. The molecule has 21 heavy (non-hydrogen) atoms. The Labute approximate surface area is 129 Å².